The number of hydrogen-bond acceptors (Lipinski definition) is 3. The largest absolute Gasteiger partial charge is 0.481 e. The van der Waals surface area contributed by atoms with Gasteiger partial charge < -0.3 is 15.7 Å². The van der Waals surface area contributed by atoms with Crippen molar-refractivity contribution in [2.45, 2.75) is 58.4 Å². The number of amides is 2. The lowest BCUT2D eigenvalue weighted by Gasteiger charge is -2.25. The van der Waals surface area contributed by atoms with Gasteiger partial charge in [-0.3, -0.25) is 14.4 Å². The maximum absolute atomic E-state index is 12.2. The summed E-state index contributed by atoms with van der Waals surface area (Å²) in [5.41, 5.74) is -0.949. The second-order valence-electron chi connectivity index (χ2n) is 6.33. The Labute approximate surface area is 125 Å². The highest BCUT2D eigenvalue weighted by Crippen LogP contribution is 2.41. The van der Waals surface area contributed by atoms with Gasteiger partial charge in [-0.15, -0.1) is 0 Å². The van der Waals surface area contributed by atoms with Gasteiger partial charge in [0.05, 0.1) is 5.41 Å². The van der Waals surface area contributed by atoms with Crippen LogP contribution in [-0.2, 0) is 14.4 Å². The molecule has 0 aromatic heterocycles. The Balaban J connectivity index is 2.68. The number of nitrogens with one attached hydrogen (secondary N) is 2. The fourth-order valence-electron chi connectivity index (χ4n) is 2.95. The van der Waals surface area contributed by atoms with Crippen LogP contribution < -0.4 is 10.6 Å². The molecule has 0 heterocycles. The lowest BCUT2D eigenvalue weighted by molar-refractivity contribution is -0.151. The van der Waals surface area contributed by atoms with E-state index in [4.69, 9.17) is 0 Å². The van der Waals surface area contributed by atoms with Crippen LogP contribution in [0.5, 0.6) is 0 Å². The molecule has 3 N–H and O–H groups in total. The SMILES string of the molecule is CNC(=O)C(CC(C)C)NC(=O)CC1(C(=O)O)CCCC1. The lowest BCUT2D eigenvalue weighted by Crippen LogP contribution is -2.48. The van der Waals surface area contributed by atoms with Gasteiger partial charge in [0.25, 0.3) is 0 Å². The zero-order valence-corrected chi connectivity index (χ0v) is 13.1. The summed E-state index contributed by atoms with van der Waals surface area (Å²) in [6.45, 7) is 3.94. The van der Waals surface area contributed by atoms with E-state index in [1.165, 1.54) is 7.05 Å². The first-order valence-corrected chi connectivity index (χ1v) is 7.55. The van der Waals surface area contributed by atoms with Gasteiger partial charge in [-0.05, 0) is 25.2 Å². The maximum Gasteiger partial charge on any atom is 0.310 e. The van der Waals surface area contributed by atoms with Crippen molar-refractivity contribution < 1.29 is 19.5 Å². The fraction of sp³-hybridized carbons (Fsp3) is 0.800. The minimum atomic E-state index is -0.949. The highest BCUT2D eigenvalue weighted by Gasteiger charge is 2.43. The molecule has 0 aliphatic heterocycles. The number of carboxylic acids is 1. The number of rotatable bonds is 7. The summed E-state index contributed by atoms with van der Waals surface area (Å²) in [4.78, 5) is 35.4. The number of hydrogen-bond donors (Lipinski definition) is 3. The number of carbonyl (C=O) groups excluding carboxylic acids is 2. The van der Waals surface area contributed by atoms with E-state index in [0.29, 0.717) is 19.3 Å². The predicted octanol–water partition coefficient (Wildman–Crippen LogP) is 1.30. The summed E-state index contributed by atoms with van der Waals surface area (Å²) in [7, 11) is 1.53. The molecule has 120 valence electrons. The van der Waals surface area contributed by atoms with Gasteiger partial charge in [0, 0.05) is 13.5 Å². The zero-order valence-electron chi connectivity index (χ0n) is 13.1. The second kappa shape index (κ2) is 7.43. The van der Waals surface area contributed by atoms with E-state index in [0.717, 1.165) is 12.8 Å². The maximum atomic E-state index is 12.2. The Morgan fingerprint density at radius 3 is 2.19 bits per heavy atom. The normalized spacial score (nSPS) is 18.3. The molecule has 0 spiro atoms. The Morgan fingerprint density at radius 2 is 1.76 bits per heavy atom. The van der Waals surface area contributed by atoms with E-state index in [-0.39, 0.29) is 24.2 Å². The summed E-state index contributed by atoms with van der Waals surface area (Å²) in [6, 6.07) is -0.602. The smallest absolute Gasteiger partial charge is 0.310 e. The number of carboxylic acid groups (broad SMARTS) is 1. The first kappa shape index (κ1) is 17.5. The summed E-state index contributed by atoms with van der Waals surface area (Å²) in [5, 5.41) is 14.6. The van der Waals surface area contributed by atoms with Crippen LogP contribution in [0.2, 0.25) is 0 Å². The van der Waals surface area contributed by atoms with Gasteiger partial charge in [0.2, 0.25) is 11.8 Å². The van der Waals surface area contributed by atoms with Crippen LogP contribution in [0, 0.1) is 11.3 Å². The Morgan fingerprint density at radius 1 is 1.19 bits per heavy atom. The standard InChI is InChI=1S/C15H26N2O4/c1-10(2)8-11(13(19)16-3)17-12(18)9-15(14(20)21)6-4-5-7-15/h10-11H,4-9H2,1-3H3,(H,16,19)(H,17,18)(H,20,21). The third-order valence-electron chi connectivity index (χ3n) is 4.12. The zero-order chi connectivity index (χ0) is 16.0. The summed E-state index contributed by atoms with van der Waals surface area (Å²) in [6.07, 6.45) is 3.23. The quantitative estimate of drug-likeness (QED) is 0.660. The third kappa shape index (κ3) is 4.72. The van der Waals surface area contributed by atoms with Crippen molar-refractivity contribution in [3.63, 3.8) is 0 Å². The van der Waals surface area contributed by atoms with Crippen LogP contribution in [0.4, 0.5) is 0 Å². The highest BCUT2D eigenvalue weighted by molar-refractivity contribution is 5.90. The van der Waals surface area contributed by atoms with Crippen molar-refractivity contribution in [2.24, 2.45) is 11.3 Å². The number of likely N-dealkylation sites (N-methyl/N-ethyl adjacent to an activating group) is 1. The molecular weight excluding hydrogens is 272 g/mol. The molecule has 6 heteroatoms. The monoisotopic (exact) mass is 298 g/mol. The van der Waals surface area contributed by atoms with Gasteiger partial charge >= 0.3 is 5.97 Å². The van der Waals surface area contributed by atoms with Gasteiger partial charge in [-0.1, -0.05) is 26.7 Å². The van der Waals surface area contributed by atoms with E-state index in [1.807, 2.05) is 13.8 Å². The van der Waals surface area contributed by atoms with Crippen molar-refractivity contribution in [3.05, 3.63) is 0 Å². The van der Waals surface area contributed by atoms with Gasteiger partial charge in [0.15, 0.2) is 0 Å². The van der Waals surface area contributed by atoms with E-state index in [1.54, 1.807) is 0 Å². The second-order valence-corrected chi connectivity index (χ2v) is 6.33. The number of aliphatic carboxylic acids is 1. The molecule has 1 unspecified atom stereocenters. The molecule has 0 aromatic rings. The Kier molecular flexibility index (Phi) is 6.18. The summed E-state index contributed by atoms with van der Waals surface area (Å²) < 4.78 is 0. The average Bonchev–Trinajstić information content (AvgIpc) is 2.86. The first-order chi connectivity index (χ1) is 9.80. The summed E-state index contributed by atoms with van der Waals surface area (Å²) in [5.74, 6) is -1.25. The van der Waals surface area contributed by atoms with Crippen LogP contribution in [0.15, 0.2) is 0 Å². The molecule has 1 saturated carbocycles. The fourth-order valence-corrected chi connectivity index (χ4v) is 2.95. The number of carbonyl (C=O) groups is 3. The highest BCUT2D eigenvalue weighted by atomic mass is 16.4. The molecule has 1 aliphatic carbocycles. The Bertz CT molecular complexity index is 400. The van der Waals surface area contributed by atoms with Crippen LogP contribution in [-0.4, -0.2) is 36.0 Å². The van der Waals surface area contributed by atoms with Crippen molar-refractivity contribution in [1.82, 2.24) is 10.6 Å². The molecule has 0 aromatic carbocycles. The predicted molar refractivity (Wildman–Crippen MR) is 78.6 cm³/mol. The molecule has 2 amide bonds. The van der Waals surface area contributed by atoms with Crippen molar-refractivity contribution in [3.8, 4) is 0 Å². The van der Waals surface area contributed by atoms with Crippen LogP contribution in [0.1, 0.15) is 52.4 Å². The van der Waals surface area contributed by atoms with Gasteiger partial charge in [0.1, 0.15) is 6.04 Å². The minimum absolute atomic E-state index is 0.0477. The molecule has 21 heavy (non-hydrogen) atoms. The van der Waals surface area contributed by atoms with Crippen LogP contribution >= 0.6 is 0 Å². The molecule has 0 bridgehead atoms. The van der Waals surface area contributed by atoms with Gasteiger partial charge in [-0.25, -0.2) is 0 Å². The van der Waals surface area contributed by atoms with E-state index in [9.17, 15) is 19.5 Å². The molecule has 1 aliphatic rings. The van der Waals surface area contributed by atoms with Crippen molar-refractivity contribution in [1.29, 1.82) is 0 Å². The van der Waals surface area contributed by atoms with Crippen molar-refractivity contribution in [2.75, 3.05) is 7.05 Å². The van der Waals surface area contributed by atoms with Crippen molar-refractivity contribution >= 4 is 17.8 Å². The van der Waals surface area contributed by atoms with E-state index < -0.39 is 17.4 Å². The van der Waals surface area contributed by atoms with Crippen LogP contribution in [0.3, 0.4) is 0 Å². The van der Waals surface area contributed by atoms with Crippen LogP contribution in [0.25, 0.3) is 0 Å². The van der Waals surface area contributed by atoms with E-state index >= 15 is 0 Å². The molecule has 1 atom stereocenters. The van der Waals surface area contributed by atoms with E-state index in [2.05, 4.69) is 10.6 Å². The average molecular weight is 298 g/mol. The summed E-state index contributed by atoms with van der Waals surface area (Å²) >= 11 is 0. The molecule has 1 rings (SSSR count). The first-order valence-electron chi connectivity index (χ1n) is 7.55. The third-order valence-corrected chi connectivity index (χ3v) is 4.12. The van der Waals surface area contributed by atoms with Gasteiger partial charge in [-0.2, -0.15) is 0 Å². The molecule has 1 fully saturated rings. The molecular formula is C15H26N2O4. The minimum Gasteiger partial charge on any atom is -0.481 e. The Hall–Kier alpha value is -1.59. The molecule has 0 saturated heterocycles. The molecule has 0 radical (unpaired) electrons. The topological polar surface area (TPSA) is 95.5 Å². The lowest BCUT2D eigenvalue weighted by atomic mass is 9.82. The molecule has 6 nitrogen and oxygen atoms in total.